The molecule has 3 nitrogen and oxygen atoms in total. The summed E-state index contributed by atoms with van der Waals surface area (Å²) in [5, 5.41) is 0. The summed E-state index contributed by atoms with van der Waals surface area (Å²) in [6, 6.07) is 8.13. The third-order valence-corrected chi connectivity index (χ3v) is 4.71. The number of halogens is 1. The molecule has 18 heavy (non-hydrogen) atoms. The van der Waals surface area contributed by atoms with Gasteiger partial charge in [-0.3, -0.25) is 0 Å². The van der Waals surface area contributed by atoms with Crippen molar-refractivity contribution in [2.75, 3.05) is 5.73 Å². The maximum Gasteiger partial charge on any atom is 0.135 e. The number of benzene rings is 1. The van der Waals surface area contributed by atoms with E-state index >= 15 is 0 Å². The molecule has 0 fully saturated rings. The Bertz CT molecular complexity index is 601. The second kappa shape index (κ2) is 4.90. The van der Waals surface area contributed by atoms with Crippen molar-refractivity contribution in [1.82, 2.24) is 9.97 Å². The lowest BCUT2D eigenvalue weighted by molar-refractivity contribution is 0.932. The lowest BCUT2D eigenvalue weighted by atomic mass is 10.1. The van der Waals surface area contributed by atoms with Gasteiger partial charge in [0.25, 0.3) is 0 Å². The summed E-state index contributed by atoms with van der Waals surface area (Å²) in [6.45, 7) is 0. The maximum atomic E-state index is 5.99. The van der Waals surface area contributed by atoms with Crippen LogP contribution in [0.4, 0.5) is 5.82 Å². The fourth-order valence-electron chi connectivity index (χ4n) is 2.02. The highest BCUT2D eigenvalue weighted by Crippen LogP contribution is 2.31. The number of nitrogen functional groups attached to an aromatic ring is 1. The molecule has 0 unspecified atom stereocenters. The molecule has 92 valence electrons. The van der Waals surface area contributed by atoms with E-state index in [1.165, 1.54) is 5.56 Å². The van der Waals surface area contributed by atoms with Crippen LogP contribution in [0.3, 0.4) is 0 Å². The minimum Gasteiger partial charge on any atom is -0.383 e. The van der Waals surface area contributed by atoms with Gasteiger partial charge in [-0.05, 0) is 11.6 Å². The third-order valence-electron chi connectivity index (χ3n) is 2.96. The Morgan fingerprint density at radius 3 is 2.89 bits per heavy atom. The van der Waals surface area contributed by atoms with E-state index in [-0.39, 0.29) is 0 Å². The van der Waals surface area contributed by atoms with Crippen LogP contribution in [0.25, 0.3) is 0 Å². The van der Waals surface area contributed by atoms with E-state index in [1.807, 2.05) is 30.0 Å². The van der Waals surface area contributed by atoms with E-state index in [0.717, 1.165) is 33.1 Å². The van der Waals surface area contributed by atoms with Crippen LogP contribution in [-0.4, -0.2) is 9.97 Å². The summed E-state index contributed by atoms with van der Waals surface area (Å²) >= 11 is 5.39. The van der Waals surface area contributed by atoms with E-state index in [9.17, 15) is 0 Å². The number of hydrogen-bond acceptors (Lipinski definition) is 4. The number of thioether (sulfide) groups is 1. The van der Waals surface area contributed by atoms with Crippen molar-refractivity contribution in [3.63, 3.8) is 0 Å². The molecule has 1 aromatic heterocycles. The predicted molar refractivity (Wildman–Crippen MR) is 78.4 cm³/mol. The van der Waals surface area contributed by atoms with Crippen molar-refractivity contribution in [3.8, 4) is 0 Å². The minimum absolute atomic E-state index is 0.645. The van der Waals surface area contributed by atoms with Crippen molar-refractivity contribution in [2.45, 2.75) is 17.9 Å². The molecule has 0 spiro atoms. The number of hydrogen-bond donors (Lipinski definition) is 1. The van der Waals surface area contributed by atoms with Crippen molar-refractivity contribution in [3.05, 3.63) is 51.4 Å². The van der Waals surface area contributed by atoms with Gasteiger partial charge in [0.2, 0.25) is 0 Å². The largest absolute Gasteiger partial charge is 0.383 e. The first-order valence-corrected chi connectivity index (χ1v) is 7.64. The van der Waals surface area contributed by atoms with Crippen LogP contribution in [0.5, 0.6) is 0 Å². The monoisotopic (exact) mass is 321 g/mol. The van der Waals surface area contributed by atoms with Crippen LogP contribution in [-0.2, 0) is 17.9 Å². The first-order valence-electron chi connectivity index (χ1n) is 5.69. The number of rotatable bonds is 2. The van der Waals surface area contributed by atoms with Crippen LogP contribution in [0.15, 0.2) is 28.7 Å². The predicted octanol–water partition coefficient (Wildman–Crippen LogP) is 3.16. The number of anilines is 1. The van der Waals surface area contributed by atoms with E-state index in [1.54, 1.807) is 0 Å². The van der Waals surface area contributed by atoms with Gasteiger partial charge in [0, 0.05) is 28.0 Å². The van der Waals surface area contributed by atoms with Crippen molar-refractivity contribution in [1.29, 1.82) is 0 Å². The quantitative estimate of drug-likeness (QED) is 0.923. The summed E-state index contributed by atoms with van der Waals surface area (Å²) in [7, 11) is 0. The molecule has 0 aliphatic carbocycles. The second-order valence-electron chi connectivity index (χ2n) is 4.21. The number of aromatic nitrogens is 2. The average molecular weight is 322 g/mol. The Hall–Kier alpha value is -1.07. The van der Waals surface area contributed by atoms with E-state index in [0.29, 0.717) is 12.2 Å². The highest BCUT2D eigenvalue weighted by molar-refractivity contribution is 9.10. The number of fused-ring (bicyclic) bond motifs is 1. The maximum absolute atomic E-state index is 5.99. The zero-order valence-corrected chi connectivity index (χ0v) is 12.1. The van der Waals surface area contributed by atoms with E-state index in [2.05, 4.69) is 32.0 Å². The molecule has 1 aromatic carbocycles. The van der Waals surface area contributed by atoms with Gasteiger partial charge in [0.05, 0.1) is 5.69 Å². The Morgan fingerprint density at radius 1 is 1.22 bits per heavy atom. The summed E-state index contributed by atoms with van der Waals surface area (Å²) in [4.78, 5) is 9.03. The fraction of sp³-hybridized carbons (Fsp3) is 0.231. The Morgan fingerprint density at radius 2 is 2.06 bits per heavy atom. The van der Waals surface area contributed by atoms with Gasteiger partial charge in [-0.25, -0.2) is 9.97 Å². The molecular weight excluding hydrogens is 310 g/mol. The molecule has 0 saturated heterocycles. The first-order chi connectivity index (χ1) is 8.74. The molecule has 0 amide bonds. The Balaban J connectivity index is 1.95. The lowest BCUT2D eigenvalue weighted by Gasteiger charge is -2.07. The SMILES string of the molecule is Nc1nc(Cc2ccccc2Br)nc2c1CSC2. The topological polar surface area (TPSA) is 51.8 Å². The molecular formula is C13H12BrN3S. The molecule has 2 heterocycles. The molecule has 5 heteroatoms. The van der Waals surface area contributed by atoms with Gasteiger partial charge < -0.3 is 5.73 Å². The van der Waals surface area contributed by atoms with Crippen molar-refractivity contribution < 1.29 is 0 Å². The van der Waals surface area contributed by atoms with E-state index < -0.39 is 0 Å². The van der Waals surface area contributed by atoms with Crippen molar-refractivity contribution in [2.24, 2.45) is 0 Å². The zero-order valence-electron chi connectivity index (χ0n) is 9.69. The van der Waals surface area contributed by atoms with E-state index in [4.69, 9.17) is 5.73 Å². The Labute approximate surface area is 118 Å². The van der Waals surface area contributed by atoms with Crippen LogP contribution in [0.2, 0.25) is 0 Å². The molecule has 1 aliphatic heterocycles. The highest BCUT2D eigenvalue weighted by Gasteiger charge is 2.18. The molecule has 1 aliphatic rings. The van der Waals surface area contributed by atoms with Crippen LogP contribution in [0, 0.1) is 0 Å². The average Bonchev–Trinajstić information content (AvgIpc) is 2.81. The molecule has 0 saturated carbocycles. The zero-order chi connectivity index (χ0) is 12.5. The molecule has 3 rings (SSSR count). The van der Waals surface area contributed by atoms with Gasteiger partial charge in [-0.15, -0.1) is 0 Å². The van der Waals surface area contributed by atoms with Crippen LogP contribution in [0.1, 0.15) is 22.6 Å². The Kier molecular flexibility index (Phi) is 3.26. The minimum atomic E-state index is 0.645. The number of nitrogens with two attached hydrogens (primary N) is 1. The van der Waals surface area contributed by atoms with Gasteiger partial charge in [-0.2, -0.15) is 11.8 Å². The van der Waals surface area contributed by atoms with Crippen molar-refractivity contribution >= 4 is 33.5 Å². The molecule has 2 aromatic rings. The standard InChI is InChI=1S/C13H12BrN3S/c14-10-4-2-1-3-8(10)5-12-16-11-7-18-6-9(11)13(15)17-12/h1-4H,5-7H2,(H2,15,16,17). The first kappa shape index (κ1) is 12.0. The smallest absolute Gasteiger partial charge is 0.135 e. The second-order valence-corrected chi connectivity index (χ2v) is 6.05. The summed E-state index contributed by atoms with van der Waals surface area (Å²) in [6.07, 6.45) is 0.712. The summed E-state index contributed by atoms with van der Waals surface area (Å²) in [5.41, 5.74) is 9.40. The van der Waals surface area contributed by atoms with Crippen LogP contribution >= 0.6 is 27.7 Å². The molecule has 0 bridgehead atoms. The molecule has 0 radical (unpaired) electrons. The summed E-state index contributed by atoms with van der Waals surface area (Å²) in [5.74, 6) is 3.34. The lowest BCUT2D eigenvalue weighted by Crippen LogP contribution is -2.06. The molecule has 2 N–H and O–H groups in total. The molecule has 0 atom stereocenters. The summed E-state index contributed by atoms with van der Waals surface area (Å²) < 4.78 is 1.09. The van der Waals surface area contributed by atoms with Gasteiger partial charge in [0.15, 0.2) is 0 Å². The highest BCUT2D eigenvalue weighted by atomic mass is 79.9. The van der Waals surface area contributed by atoms with Gasteiger partial charge >= 0.3 is 0 Å². The van der Waals surface area contributed by atoms with Gasteiger partial charge in [0.1, 0.15) is 11.6 Å². The third kappa shape index (κ3) is 2.24. The number of nitrogens with zero attached hydrogens (tertiary/aromatic N) is 2. The van der Waals surface area contributed by atoms with Gasteiger partial charge in [-0.1, -0.05) is 34.1 Å². The fourth-order valence-corrected chi connectivity index (χ4v) is 3.50. The van der Waals surface area contributed by atoms with Crippen LogP contribution < -0.4 is 5.73 Å². The normalized spacial score (nSPS) is 13.6.